The van der Waals surface area contributed by atoms with Gasteiger partial charge in [-0.15, -0.1) is 0 Å². The van der Waals surface area contributed by atoms with E-state index in [1.54, 1.807) is 0 Å². The van der Waals surface area contributed by atoms with Crippen LogP contribution in [0.1, 0.15) is 71.6 Å². The van der Waals surface area contributed by atoms with Gasteiger partial charge in [-0.1, -0.05) is 20.3 Å². The molecule has 0 heterocycles. The summed E-state index contributed by atoms with van der Waals surface area (Å²) in [4.78, 5) is 12.3. The molecule has 1 nitrogen and oxygen atoms in total. The van der Waals surface area contributed by atoms with Crippen molar-refractivity contribution in [2.24, 2.45) is 28.6 Å². The maximum atomic E-state index is 14.8. The largest absolute Gasteiger partial charge is 0.299 e. The van der Waals surface area contributed by atoms with Gasteiger partial charge in [0.15, 0.2) is 0 Å². The smallest absolute Gasteiger partial charge is 0.139 e. The Morgan fingerprint density at radius 3 is 2.57 bits per heavy atom. The number of hydrogen-bond donors (Lipinski definition) is 0. The molecule has 116 valence electrons. The average Bonchev–Trinajstić information content (AvgIpc) is 2.75. The molecule has 0 aliphatic heterocycles. The molecule has 0 aromatic rings. The Morgan fingerprint density at radius 2 is 1.76 bits per heavy atom. The number of rotatable bonds is 0. The quantitative estimate of drug-likeness (QED) is 0.599. The number of hydrogen-bond acceptors (Lipinski definition) is 1. The van der Waals surface area contributed by atoms with Crippen LogP contribution in [-0.4, -0.2) is 5.78 Å². The van der Waals surface area contributed by atoms with E-state index >= 15 is 0 Å². The van der Waals surface area contributed by atoms with Crippen LogP contribution in [0.5, 0.6) is 0 Å². The van der Waals surface area contributed by atoms with E-state index in [4.69, 9.17) is 0 Å². The summed E-state index contributed by atoms with van der Waals surface area (Å²) in [6.45, 7) is 4.50. The topological polar surface area (TPSA) is 17.1 Å². The van der Waals surface area contributed by atoms with E-state index in [1.807, 2.05) is 0 Å². The molecule has 0 N–H and O–H groups in total. The minimum Gasteiger partial charge on any atom is -0.299 e. The second kappa shape index (κ2) is 4.43. The zero-order valence-corrected chi connectivity index (χ0v) is 13.4. The predicted octanol–water partition coefficient (Wildman–Crippen LogP) is 5.21. The standard InChI is InChI=1S/C19H27FO/c1-18-9-4-3-5-15(18)16(20)11-12-13-6-7-17(21)19(13,2)10-8-14(12)18/h12-14H,3-11H2,1-2H3/t12-,13-,14-,18-,19-/m1/s1. The van der Waals surface area contributed by atoms with Gasteiger partial charge in [0.2, 0.25) is 0 Å². The molecule has 0 saturated heterocycles. The summed E-state index contributed by atoms with van der Waals surface area (Å²) in [7, 11) is 0. The van der Waals surface area contributed by atoms with Crippen LogP contribution >= 0.6 is 0 Å². The molecule has 0 unspecified atom stereocenters. The Balaban J connectivity index is 1.75. The van der Waals surface area contributed by atoms with Crippen LogP contribution in [-0.2, 0) is 4.79 Å². The van der Waals surface area contributed by atoms with E-state index in [1.165, 1.54) is 6.42 Å². The molecule has 0 spiro atoms. The van der Waals surface area contributed by atoms with Crippen LogP contribution in [0.15, 0.2) is 11.4 Å². The zero-order valence-electron chi connectivity index (χ0n) is 13.4. The summed E-state index contributed by atoms with van der Waals surface area (Å²) in [5.74, 6) is 2.13. The van der Waals surface area contributed by atoms with Crippen LogP contribution in [0.3, 0.4) is 0 Å². The highest BCUT2D eigenvalue weighted by atomic mass is 19.1. The molecule has 4 aliphatic rings. The fraction of sp³-hybridized carbons (Fsp3) is 0.842. The maximum absolute atomic E-state index is 14.8. The van der Waals surface area contributed by atoms with Gasteiger partial charge in [0, 0.05) is 18.3 Å². The molecule has 2 heteroatoms. The van der Waals surface area contributed by atoms with Crippen molar-refractivity contribution >= 4 is 5.78 Å². The highest BCUT2D eigenvalue weighted by molar-refractivity contribution is 5.87. The number of carbonyl (C=O) groups excluding carboxylic acids is 1. The molecule has 5 atom stereocenters. The van der Waals surface area contributed by atoms with Gasteiger partial charge in [-0.25, -0.2) is 4.39 Å². The molecule has 21 heavy (non-hydrogen) atoms. The molecule has 0 aromatic carbocycles. The second-order valence-corrected chi connectivity index (χ2v) is 8.51. The summed E-state index contributed by atoms with van der Waals surface area (Å²) < 4.78 is 14.8. The van der Waals surface area contributed by atoms with Crippen LogP contribution < -0.4 is 0 Å². The Kier molecular flexibility index (Phi) is 2.94. The van der Waals surface area contributed by atoms with Crippen molar-refractivity contribution in [3.63, 3.8) is 0 Å². The predicted molar refractivity (Wildman–Crippen MR) is 81.4 cm³/mol. The molecule has 0 aromatic heterocycles. The van der Waals surface area contributed by atoms with E-state index in [0.29, 0.717) is 30.0 Å². The van der Waals surface area contributed by atoms with Gasteiger partial charge in [0.05, 0.1) is 5.83 Å². The minimum absolute atomic E-state index is 0.0955. The summed E-state index contributed by atoms with van der Waals surface area (Å²) >= 11 is 0. The van der Waals surface area contributed by atoms with Gasteiger partial charge in [0.25, 0.3) is 0 Å². The lowest BCUT2D eigenvalue weighted by atomic mass is 9.48. The number of ketones is 1. The van der Waals surface area contributed by atoms with Crippen molar-refractivity contribution in [1.29, 1.82) is 0 Å². The molecule has 0 amide bonds. The van der Waals surface area contributed by atoms with Crippen molar-refractivity contribution in [1.82, 2.24) is 0 Å². The first-order valence-electron chi connectivity index (χ1n) is 8.88. The van der Waals surface area contributed by atoms with E-state index in [9.17, 15) is 9.18 Å². The molecule has 4 aliphatic carbocycles. The molecular formula is C19H27FO. The highest BCUT2D eigenvalue weighted by Gasteiger charge is 2.59. The first-order valence-corrected chi connectivity index (χ1v) is 8.88. The fourth-order valence-electron chi connectivity index (χ4n) is 6.55. The van der Waals surface area contributed by atoms with Crippen molar-refractivity contribution in [2.75, 3.05) is 0 Å². The van der Waals surface area contributed by atoms with Crippen LogP contribution in [0, 0.1) is 28.6 Å². The third-order valence-corrected chi connectivity index (χ3v) is 7.77. The summed E-state index contributed by atoms with van der Waals surface area (Å²) in [6.07, 6.45) is 9.10. The van der Waals surface area contributed by atoms with E-state index in [0.717, 1.165) is 50.5 Å². The summed E-state index contributed by atoms with van der Waals surface area (Å²) in [5.41, 5.74) is 1.12. The maximum Gasteiger partial charge on any atom is 0.139 e. The number of Topliss-reactive ketones (excluding diaryl/α,β-unsaturated/α-hetero) is 1. The summed E-state index contributed by atoms with van der Waals surface area (Å²) in [6, 6.07) is 0. The van der Waals surface area contributed by atoms with E-state index in [2.05, 4.69) is 13.8 Å². The van der Waals surface area contributed by atoms with Crippen LogP contribution in [0.2, 0.25) is 0 Å². The van der Waals surface area contributed by atoms with Crippen molar-refractivity contribution in [3.05, 3.63) is 11.4 Å². The van der Waals surface area contributed by atoms with E-state index in [-0.39, 0.29) is 16.7 Å². The molecule has 3 fully saturated rings. The van der Waals surface area contributed by atoms with Gasteiger partial charge in [-0.05, 0) is 67.3 Å². The number of halogens is 1. The third kappa shape index (κ3) is 1.71. The molecule has 3 saturated carbocycles. The monoisotopic (exact) mass is 290 g/mol. The van der Waals surface area contributed by atoms with Crippen molar-refractivity contribution < 1.29 is 9.18 Å². The lowest BCUT2D eigenvalue weighted by Gasteiger charge is -2.56. The van der Waals surface area contributed by atoms with Gasteiger partial charge in [0.1, 0.15) is 5.78 Å². The average molecular weight is 290 g/mol. The van der Waals surface area contributed by atoms with Crippen molar-refractivity contribution in [2.45, 2.75) is 71.6 Å². The summed E-state index contributed by atoms with van der Waals surface area (Å²) in [5, 5.41) is 0. The third-order valence-electron chi connectivity index (χ3n) is 7.77. The lowest BCUT2D eigenvalue weighted by Crippen LogP contribution is -2.50. The second-order valence-electron chi connectivity index (χ2n) is 8.51. The van der Waals surface area contributed by atoms with Crippen LogP contribution in [0.4, 0.5) is 4.39 Å². The lowest BCUT2D eigenvalue weighted by molar-refractivity contribution is -0.132. The van der Waals surface area contributed by atoms with Gasteiger partial charge < -0.3 is 0 Å². The van der Waals surface area contributed by atoms with Gasteiger partial charge in [-0.3, -0.25) is 4.79 Å². The first-order chi connectivity index (χ1) is 9.97. The molecule has 0 radical (unpaired) electrons. The number of fused-ring (bicyclic) bond motifs is 5. The Hall–Kier alpha value is -0.660. The Bertz CT molecular complexity index is 522. The first kappa shape index (κ1) is 14.0. The highest BCUT2D eigenvalue weighted by Crippen LogP contribution is 2.65. The van der Waals surface area contributed by atoms with Crippen LogP contribution in [0.25, 0.3) is 0 Å². The normalized spacial score (nSPS) is 49.7. The minimum atomic E-state index is -0.135. The number of carbonyl (C=O) groups is 1. The SMILES string of the molecule is C[C@@]12CC[C@@H]3[C@H](CC(F)=C4CCCC[C@@]43C)[C@H]1CCC2=O. The molecule has 4 rings (SSSR count). The Morgan fingerprint density at radius 1 is 1.00 bits per heavy atom. The van der Waals surface area contributed by atoms with Gasteiger partial charge >= 0.3 is 0 Å². The van der Waals surface area contributed by atoms with E-state index < -0.39 is 0 Å². The van der Waals surface area contributed by atoms with Crippen molar-refractivity contribution in [3.8, 4) is 0 Å². The molecular weight excluding hydrogens is 263 g/mol. The van der Waals surface area contributed by atoms with Gasteiger partial charge in [-0.2, -0.15) is 0 Å². The number of allylic oxidation sites excluding steroid dienone is 2. The zero-order chi connectivity index (χ0) is 14.8. The fourth-order valence-corrected chi connectivity index (χ4v) is 6.55. The Labute approximate surface area is 127 Å². The molecule has 0 bridgehead atoms.